The molecule has 1 aliphatic rings. The minimum Gasteiger partial charge on any atom is -0.375 e. The molecule has 0 unspecified atom stereocenters. The van der Waals surface area contributed by atoms with Crippen molar-refractivity contribution in [2.75, 3.05) is 26.8 Å². The average molecular weight is 408 g/mol. The van der Waals surface area contributed by atoms with E-state index in [1.807, 2.05) is 31.2 Å². The number of aromatic nitrogens is 4. The molecule has 9 nitrogen and oxygen atoms in total. The van der Waals surface area contributed by atoms with Gasteiger partial charge in [-0.2, -0.15) is 9.78 Å². The van der Waals surface area contributed by atoms with Crippen molar-refractivity contribution in [2.45, 2.75) is 25.8 Å². The van der Waals surface area contributed by atoms with Crippen LogP contribution in [-0.4, -0.2) is 69.3 Å². The highest BCUT2D eigenvalue weighted by atomic mass is 16.5. The van der Waals surface area contributed by atoms with Gasteiger partial charge in [0.05, 0.1) is 16.8 Å². The highest BCUT2D eigenvalue weighted by Gasteiger charge is 2.25. The fourth-order valence-electron chi connectivity index (χ4n) is 3.73. The maximum Gasteiger partial charge on any atom is 0.254 e. The number of benzene rings is 1. The summed E-state index contributed by atoms with van der Waals surface area (Å²) in [6, 6.07) is 7.75. The molecule has 30 heavy (non-hydrogen) atoms. The van der Waals surface area contributed by atoms with E-state index in [0.29, 0.717) is 24.6 Å². The zero-order valence-corrected chi connectivity index (χ0v) is 17.0. The predicted octanol–water partition coefficient (Wildman–Crippen LogP) is 1.49. The largest absolute Gasteiger partial charge is 0.375 e. The maximum atomic E-state index is 12.6. The molecule has 0 radical (unpaired) electrons. The molecule has 156 valence electrons. The summed E-state index contributed by atoms with van der Waals surface area (Å²) in [5, 5.41) is 8.53. The third-order valence-corrected chi connectivity index (χ3v) is 5.24. The Labute approximate surface area is 174 Å². The second-order valence-corrected chi connectivity index (χ2v) is 7.37. The molecule has 0 spiro atoms. The highest BCUT2D eigenvalue weighted by Crippen LogP contribution is 2.19. The minimum atomic E-state index is -0.255. The van der Waals surface area contributed by atoms with Crippen LogP contribution in [-0.2, 0) is 9.53 Å². The summed E-state index contributed by atoms with van der Waals surface area (Å²) >= 11 is 0. The molecule has 0 aliphatic carbocycles. The molecule has 3 aromatic rings. The molecule has 1 atom stereocenters. The number of fused-ring (bicyclic) bond motifs is 1. The Morgan fingerprint density at radius 2 is 2.00 bits per heavy atom. The number of nitrogens with one attached hydrogen (secondary N) is 1. The molecule has 1 N–H and O–H groups in total. The first-order valence-electron chi connectivity index (χ1n) is 9.91. The van der Waals surface area contributed by atoms with Gasteiger partial charge in [-0.05, 0) is 25.8 Å². The number of ether oxygens (including phenoxy) is 1. The molecule has 2 aromatic heterocycles. The van der Waals surface area contributed by atoms with E-state index in [9.17, 15) is 9.59 Å². The molecule has 1 fully saturated rings. The number of rotatable bonds is 5. The Kier molecular flexibility index (Phi) is 5.71. The van der Waals surface area contributed by atoms with Crippen LogP contribution >= 0.6 is 0 Å². The zero-order chi connectivity index (χ0) is 21.1. The Balaban J connectivity index is 1.45. The van der Waals surface area contributed by atoms with E-state index < -0.39 is 0 Å². The molecule has 2 amide bonds. The molecule has 4 rings (SSSR count). The van der Waals surface area contributed by atoms with Gasteiger partial charge in [-0.15, -0.1) is 0 Å². The third kappa shape index (κ3) is 4.02. The number of amides is 2. The molecule has 0 saturated carbocycles. The van der Waals surface area contributed by atoms with Crippen LogP contribution in [0.15, 0.2) is 36.7 Å². The molecular formula is C21H24N6O3. The predicted molar refractivity (Wildman–Crippen MR) is 110 cm³/mol. The van der Waals surface area contributed by atoms with Gasteiger partial charge in [0.1, 0.15) is 6.61 Å². The second-order valence-electron chi connectivity index (χ2n) is 7.37. The smallest absolute Gasteiger partial charge is 0.254 e. The number of piperidine rings is 1. The fraction of sp³-hybridized carbons (Fsp3) is 0.381. The average Bonchev–Trinajstić information content (AvgIpc) is 3.11. The molecule has 0 bridgehead atoms. The summed E-state index contributed by atoms with van der Waals surface area (Å²) in [7, 11) is 1.50. The van der Waals surface area contributed by atoms with Crippen molar-refractivity contribution in [2.24, 2.45) is 0 Å². The second kappa shape index (κ2) is 8.58. The van der Waals surface area contributed by atoms with Crippen LogP contribution in [0.3, 0.4) is 0 Å². The molecular weight excluding hydrogens is 384 g/mol. The lowest BCUT2D eigenvalue weighted by Gasteiger charge is -2.33. The van der Waals surface area contributed by atoms with Crippen molar-refractivity contribution in [3.05, 3.63) is 47.9 Å². The standard InChI is InChI=1S/C21H24N6O3/c1-14-17-7-3-4-8-18(17)27(25-14)21-22-10-15(11-23-21)20(29)24-16-6-5-9-26(12-16)19(28)13-30-2/h3-4,7-8,10-11,16H,5-6,9,12-13H2,1-2H3,(H,24,29)/t16-/m1/s1. The molecule has 3 heterocycles. The lowest BCUT2D eigenvalue weighted by atomic mass is 10.1. The fourth-order valence-corrected chi connectivity index (χ4v) is 3.73. The van der Waals surface area contributed by atoms with E-state index in [1.165, 1.54) is 19.5 Å². The zero-order valence-electron chi connectivity index (χ0n) is 17.0. The van der Waals surface area contributed by atoms with Crippen molar-refractivity contribution in [1.82, 2.24) is 30.0 Å². The summed E-state index contributed by atoms with van der Waals surface area (Å²) < 4.78 is 6.59. The van der Waals surface area contributed by atoms with E-state index in [4.69, 9.17) is 4.74 Å². The summed E-state index contributed by atoms with van der Waals surface area (Å²) in [6.07, 6.45) is 4.65. The van der Waals surface area contributed by atoms with Gasteiger partial charge in [-0.25, -0.2) is 9.97 Å². The highest BCUT2D eigenvalue weighted by molar-refractivity contribution is 5.94. The first-order chi connectivity index (χ1) is 14.6. The van der Waals surface area contributed by atoms with Crippen molar-refractivity contribution < 1.29 is 14.3 Å². The van der Waals surface area contributed by atoms with E-state index in [2.05, 4.69) is 20.4 Å². The van der Waals surface area contributed by atoms with Gasteiger partial charge in [0.15, 0.2) is 0 Å². The first kappa shape index (κ1) is 20.0. The van der Waals surface area contributed by atoms with Gasteiger partial charge >= 0.3 is 0 Å². The first-order valence-corrected chi connectivity index (χ1v) is 9.91. The normalized spacial score (nSPS) is 16.6. The van der Waals surface area contributed by atoms with Gasteiger partial charge in [0, 0.05) is 44.0 Å². The third-order valence-electron chi connectivity index (χ3n) is 5.24. The Hall–Kier alpha value is -3.33. The van der Waals surface area contributed by atoms with Gasteiger partial charge in [-0.3, -0.25) is 9.59 Å². The van der Waals surface area contributed by atoms with Crippen LogP contribution < -0.4 is 5.32 Å². The van der Waals surface area contributed by atoms with Crippen molar-refractivity contribution >= 4 is 22.7 Å². The monoisotopic (exact) mass is 408 g/mol. The van der Waals surface area contributed by atoms with Gasteiger partial charge in [0.2, 0.25) is 5.91 Å². The summed E-state index contributed by atoms with van der Waals surface area (Å²) in [5.74, 6) is 0.0878. The molecule has 1 saturated heterocycles. The van der Waals surface area contributed by atoms with Crippen LogP contribution in [0, 0.1) is 6.92 Å². The van der Waals surface area contributed by atoms with Crippen LogP contribution in [0.1, 0.15) is 28.9 Å². The lowest BCUT2D eigenvalue weighted by Crippen LogP contribution is -2.50. The van der Waals surface area contributed by atoms with Crippen molar-refractivity contribution in [3.63, 3.8) is 0 Å². The lowest BCUT2D eigenvalue weighted by molar-refractivity contribution is -0.136. The Morgan fingerprint density at radius 1 is 1.23 bits per heavy atom. The van der Waals surface area contributed by atoms with Crippen LogP contribution in [0.25, 0.3) is 16.9 Å². The van der Waals surface area contributed by atoms with E-state index in [-0.39, 0.29) is 24.5 Å². The van der Waals surface area contributed by atoms with Crippen molar-refractivity contribution in [1.29, 1.82) is 0 Å². The topological polar surface area (TPSA) is 102 Å². The quantitative estimate of drug-likeness (QED) is 0.686. The van der Waals surface area contributed by atoms with Gasteiger partial charge < -0.3 is 15.0 Å². The van der Waals surface area contributed by atoms with Crippen LogP contribution in [0.4, 0.5) is 0 Å². The number of carbonyl (C=O) groups is 2. The number of hydrogen-bond acceptors (Lipinski definition) is 6. The number of likely N-dealkylation sites (tertiary alicyclic amines) is 1. The summed E-state index contributed by atoms with van der Waals surface area (Å²) in [4.78, 5) is 35.1. The van der Waals surface area contributed by atoms with E-state index in [1.54, 1.807) is 9.58 Å². The summed E-state index contributed by atoms with van der Waals surface area (Å²) in [5.41, 5.74) is 2.17. The SMILES string of the molecule is COCC(=O)N1CCC[C@@H](NC(=O)c2cnc(-n3nc(C)c4ccccc43)nc2)C1. The molecule has 9 heteroatoms. The Morgan fingerprint density at radius 3 is 2.77 bits per heavy atom. The van der Waals surface area contributed by atoms with E-state index >= 15 is 0 Å². The van der Waals surface area contributed by atoms with Crippen LogP contribution in [0.2, 0.25) is 0 Å². The summed E-state index contributed by atoms with van der Waals surface area (Å²) in [6.45, 7) is 3.15. The number of aryl methyl sites for hydroxylation is 1. The number of methoxy groups -OCH3 is 1. The van der Waals surface area contributed by atoms with Gasteiger partial charge in [0.25, 0.3) is 11.9 Å². The number of para-hydroxylation sites is 1. The van der Waals surface area contributed by atoms with Crippen molar-refractivity contribution in [3.8, 4) is 5.95 Å². The number of hydrogen-bond donors (Lipinski definition) is 1. The van der Waals surface area contributed by atoms with Crippen LogP contribution in [0.5, 0.6) is 0 Å². The molecule has 1 aromatic carbocycles. The van der Waals surface area contributed by atoms with E-state index in [0.717, 1.165) is 29.4 Å². The van der Waals surface area contributed by atoms with Gasteiger partial charge in [-0.1, -0.05) is 18.2 Å². The maximum absolute atomic E-state index is 12.6. The molecule has 1 aliphatic heterocycles. The minimum absolute atomic E-state index is 0.0531. The Bertz CT molecular complexity index is 1060. The number of carbonyl (C=O) groups excluding carboxylic acids is 2. The number of nitrogens with zero attached hydrogens (tertiary/aromatic N) is 5.